The van der Waals surface area contributed by atoms with E-state index in [2.05, 4.69) is 9.97 Å². The number of ether oxygens (including phenoxy) is 2. The van der Waals surface area contributed by atoms with Crippen LogP contribution < -0.4 is 15.2 Å². The molecular weight excluding hydrogens is 330 g/mol. The predicted octanol–water partition coefficient (Wildman–Crippen LogP) is 2.84. The van der Waals surface area contributed by atoms with Gasteiger partial charge in [0.25, 0.3) is 0 Å². The number of rotatable bonds is 2. The second kappa shape index (κ2) is 5.73. The zero-order chi connectivity index (χ0) is 17.5. The highest BCUT2D eigenvalue weighted by atomic mass is 16.6. The van der Waals surface area contributed by atoms with Crippen molar-refractivity contribution in [3.8, 4) is 28.6 Å². The smallest absolute Gasteiger partial charge is 0.163 e. The fourth-order valence-corrected chi connectivity index (χ4v) is 3.14. The Kier molecular flexibility index (Phi) is 3.24. The lowest BCUT2D eigenvalue weighted by molar-refractivity contribution is 0.171. The third-order valence-corrected chi connectivity index (χ3v) is 4.32. The molecule has 0 radical (unpaired) electrons. The van der Waals surface area contributed by atoms with Gasteiger partial charge in [0.1, 0.15) is 24.9 Å². The van der Waals surface area contributed by atoms with Crippen LogP contribution in [0.25, 0.3) is 28.1 Å². The molecule has 2 N–H and O–H groups in total. The first kappa shape index (κ1) is 14.7. The van der Waals surface area contributed by atoms with Crippen LogP contribution in [0.15, 0.2) is 55.0 Å². The van der Waals surface area contributed by atoms with Crippen LogP contribution in [0.3, 0.4) is 0 Å². The molecule has 7 heteroatoms. The fourth-order valence-electron chi connectivity index (χ4n) is 3.14. The van der Waals surface area contributed by atoms with E-state index in [0.717, 1.165) is 28.0 Å². The van der Waals surface area contributed by atoms with Gasteiger partial charge in [0.05, 0.1) is 28.5 Å². The normalized spacial score (nSPS) is 13.1. The second-order valence-electron chi connectivity index (χ2n) is 5.90. The van der Waals surface area contributed by atoms with E-state index in [4.69, 9.17) is 20.2 Å². The van der Waals surface area contributed by atoms with E-state index in [9.17, 15) is 0 Å². The van der Waals surface area contributed by atoms with Crippen LogP contribution in [0.2, 0.25) is 0 Å². The number of pyridine rings is 2. The lowest BCUT2D eigenvalue weighted by atomic mass is 10.2. The molecule has 4 heterocycles. The predicted molar refractivity (Wildman–Crippen MR) is 97.5 cm³/mol. The van der Waals surface area contributed by atoms with Gasteiger partial charge in [-0.15, -0.1) is 0 Å². The number of hydrogen-bond donors (Lipinski definition) is 1. The molecule has 0 aliphatic carbocycles. The fraction of sp³-hybridized carbons (Fsp3) is 0.105. The Bertz CT molecular complexity index is 1120. The first-order chi connectivity index (χ1) is 12.8. The molecule has 0 unspecified atom stereocenters. The summed E-state index contributed by atoms with van der Waals surface area (Å²) in [5, 5.41) is 0. The Balaban J connectivity index is 1.79. The molecule has 0 amide bonds. The average Bonchev–Trinajstić information content (AvgIpc) is 3.07. The molecule has 1 aliphatic heterocycles. The van der Waals surface area contributed by atoms with Gasteiger partial charge in [-0.2, -0.15) is 0 Å². The van der Waals surface area contributed by atoms with Gasteiger partial charge in [0.2, 0.25) is 0 Å². The van der Waals surface area contributed by atoms with Crippen molar-refractivity contribution in [2.75, 3.05) is 18.9 Å². The molecule has 0 fully saturated rings. The average molecular weight is 345 g/mol. The zero-order valence-electron chi connectivity index (χ0n) is 13.8. The van der Waals surface area contributed by atoms with E-state index < -0.39 is 0 Å². The molecule has 3 aromatic heterocycles. The van der Waals surface area contributed by atoms with Crippen molar-refractivity contribution < 1.29 is 9.47 Å². The van der Waals surface area contributed by atoms with Crippen molar-refractivity contribution >= 4 is 16.9 Å². The molecule has 0 spiro atoms. The quantitative estimate of drug-likeness (QED) is 0.601. The van der Waals surface area contributed by atoms with Crippen LogP contribution in [0.4, 0.5) is 5.82 Å². The van der Waals surface area contributed by atoms with Crippen LogP contribution >= 0.6 is 0 Å². The minimum absolute atomic E-state index is 0.426. The summed E-state index contributed by atoms with van der Waals surface area (Å²) in [7, 11) is 0. The minimum atomic E-state index is 0.426. The summed E-state index contributed by atoms with van der Waals surface area (Å²) >= 11 is 0. The van der Waals surface area contributed by atoms with E-state index in [0.29, 0.717) is 30.6 Å². The molecule has 1 aliphatic rings. The number of hydrogen-bond acceptors (Lipinski definition) is 6. The largest absolute Gasteiger partial charge is 0.486 e. The van der Waals surface area contributed by atoms with Gasteiger partial charge >= 0.3 is 0 Å². The number of anilines is 1. The summed E-state index contributed by atoms with van der Waals surface area (Å²) in [5.41, 5.74) is 9.47. The Hall–Kier alpha value is -3.61. The summed E-state index contributed by atoms with van der Waals surface area (Å²) in [6.07, 6.45) is 5.17. The van der Waals surface area contributed by atoms with E-state index in [-0.39, 0.29) is 0 Å². The van der Waals surface area contributed by atoms with Gasteiger partial charge in [0, 0.05) is 18.5 Å². The molecule has 4 aromatic rings. The zero-order valence-corrected chi connectivity index (χ0v) is 13.8. The van der Waals surface area contributed by atoms with Crippen molar-refractivity contribution in [1.82, 2.24) is 19.5 Å². The summed E-state index contributed by atoms with van der Waals surface area (Å²) in [5.74, 6) is 2.58. The van der Waals surface area contributed by atoms with Gasteiger partial charge in [-0.25, -0.2) is 9.97 Å². The van der Waals surface area contributed by atoms with Gasteiger partial charge in [-0.05, 0) is 30.3 Å². The number of nitrogen functional groups attached to an aromatic ring is 1. The number of fused-ring (bicyclic) bond motifs is 2. The van der Waals surface area contributed by atoms with E-state index in [1.165, 1.54) is 0 Å². The standard InChI is InChI=1S/C19H15N5O2/c20-18-13(2-1-6-22-18)19-23-14-5-7-21-11-15(14)24(19)12-3-4-16-17(10-12)26-9-8-25-16/h1-7,10-11H,8-9H2,(H2,20,22). The molecule has 0 saturated heterocycles. The second-order valence-corrected chi connectivity index (χ2v) is 5.90. The molecule has 0 bridgehead atoms. The summed E-state index contributed by atoms with van der Waals surface area (Å²) < 4.78 is 13.4. The molecule has 0 atom stereocenters. The van der Waals surface area contributed by atoms with Gasteiger partial charge in [-0.3, -0.25) is 9.55 Å². The molecule has 0 saturated carbocycles. The minimum Gasteiger partial charge on any atom is -0.486 e. The van der Waals surface area contributed by atoms with E-state index >= 15 is 0 Å². The number of aromatic nitrogens is 4. The lowest BCUT2D eigenvalue weighted by Crippen LogP contribution is -2.15. The molecular formula is C19H15N5O2. The van der Waals surface area contributed by atoms with Crippen molar-refractivity contribution in [2.24, 2.45) is 0 Å². The third kappa shape index (κ3) is 2.25. The van der Waals surface area contributed by atoms with E-state index in [1.807, 2.05) is 41.0 Å². The lowest BCUT2D eigenvalue weighted by Gasteiger charge is -2.19. The first-order valence-corrected chi connectivity index (χ1v) is 8.24. The summed E-state index contributed by atoms with van der Waals surface area (Å²) in [4.78, 5) is 13.2. The molecule has 7 nitrogen and oxygen atoms in total. The maximum absolute atomic E-state index is 6.11. The van der Waals surface area contributed by atoms with Gasteiger partial charge in [0.15, 0.2) is 11.5 Å². The van der Waals surface area contributed by atoms with Crippen LogP contribution in [-0.2, 0) is 0 Å². The number of benzene rings is 1. The Labute approximate surface area is 149 Å². The molecule has 26 heavy (non-hydrogen) atoms. The van der Waals surface area contributed by atoms with E-state index in [1.54, 1.807) is 18.6 Å². The highest BCUT2D eigenvalue weighted by Crippen LogP contribution is 2.36. The van der Waals surface area contributed by atoms with Crippen LogP contribution in [0.5, 0.6) is 11.5 Å². The van der Waals surface area contributed by atoms with Crippen molar-refractivity contribution in [1.29, 1.82) is 0 Å². The topological polar surface area (TPSA) is 88.1 Å². The monoisotopic (exact) mass is 345 g/mol. The van der Waals surface area contributed by atoms with Crippen LogP contribution in [-0.4, -0.2) is 32.7 Å². The number of nitrogens with two attached hydrogens (primary N) is 1. The van der Waals surface area contributed by atoms with Crippen molar-refractivity contribution in [2.45, 2.75) is 0 Å². The van der Waals surface area contributed by atoms with Gasteiger partial charge < -0.3 is 15.2 Å². The van der Waals surface area contributed by atoms with Crippen LogP contribution in [0.1, 0.15) is 0 Å². The van der Waals surface area contributed by atoms with Crippen LogP contribution in [0, 0.1) is 0 Å². The molecule has 5 rings (SSSR count). The number of imidazole rings is 1. The van der Waals surface area contributed by atoms with Crippen molar-refractivity contribution in [3.05, 3.63) is 55.0 Å². The van der Waals surface area contributed by atoms with Crippen molar-refractivity contribution in [3.63, 3.8) is 0 Å². The Morgan fingerprint density at radius 3 is 2.77 bits per heavy atom. The Morgan fingerprint density at radius 2 is 1.88 bits per heavy atom. The summed E-state index contributed by atoms with van der Waals surface area (Å²) in [6, 6.07) is 11.4. The Morgan fingerprint density at radius 1 is 1.00 bits per heavy atom. The maximum Gasteiger partial charge on any atom is 0.163 e. The maximum atomic E-state index is 6.11. The van der Waals surface area contributed by atoms with Gasteiger partial charge in [-0.1, -0.05) is 0 Å². The highest BCUT2D eigenvalue weighted by molar-refractivity contribution is 5.84. The SMILES string of the molecule is Nc1ncccc1-c1nc2ccncc2n1-c1ccc2c(c1)OCCO2. The molecule has 1 aromatic carbocycles. The number of nitrogens with zero attached hydrogens (tertiary/aromatic N) is 4. The third-order valence-electron chi connectivity index (χ3n) is 4.32. The summed E-state index contributed by atoms with van der Waals surface area (Å²) in [6.45, 7) is 1.09. The molecule has 128 valence electrons. The first-order valence-electron chi connectivity index (χ1n) is 8.24. The highest BCUT2D eigenvalue weighted by Gasteiger charge is 2.19.